The van der Waals surface area contributed by atoms with E-state index in [1.807, 2.05) is 36.4 Å². The standard InChI is InChI=1S/C22H28N2O3S/c25-28(26,21-9-5-2-6-10-21)24-20(15-18-7-3-1-4-8-18)17-27-22(24)16-19-11-13-23-14-12-19/h1-10,19-20,22-23H,11-17H2/t20-,22+/m1/s1. The molecule has 0 aromatic heterocycles. The number of nitrogens with zero attached hydrogens (tertiary/aromatic N) is 1. The second-order valence-electron chi connectivity index (χ2n) is 7.71. The Labute approximate surface area is 167 Å². The fourth-order valence-corrected chi connectivity index (χ4v) is 6.01. The monoisotopic (exact) mass is 400 g/mol. The molecule has 2 aliphatic rings. The van der Waals surface area contributed by atoms with Gasteiger partial charge in [0, 0.05) is 0 Å². The number of hydrogen-bond donors (Lipinski definition) is 1. The molecule has 2 aliphatic heterocycles. The predicted octanol–water partition coefficient (Wildman–Crippen LogP) is 3.03. The third-order valence-electron chi connectivity index (χ3n) is 5.75. The Kier molecular flexibility index (Phi) is 6.11. The van der Waals surface area contributed by atoms with Crippen LogP contribution in [0.3, 0.4) is 0 Å². The molecule has 0 unspecified atom stereocenters. The summed E-state index contributed by atoms with van der Waals surface area (Å²) in [6.45, 7) is 2.43. The molecule has 150 valence electrons. The highest BCUT2D eigenvalue weighted by Crippen LogP contribution is 2.33. The van der Waals surface area contributed by atoms with Crippen LogP contribution in [0.15, 0.2) is 65.6 Å². The average molecular weight is 401 g/mol. The Bertz CT molecular complexity index is 852. The van der Waals surface area contributed by atoms with Crippen molar-refractivity contribution in [2.24, 2.45) is 5.92 Å². The van der Waals surface area contributed by atoms with Crippen LogP contribution >= 0.6 is 0 Å². The molecule has 0 amide bonds. The van der Waals surface area contributed by atoms with Crippen LogP contribution in [0.1, 0.15) is 24.8 Å². The van der Waals surface area contributed by atoms with Crippen LogP contribution in [0.4, 0.5) is 0 Å². The lowest BCUT2D eigenvalue weighted by Crippen LogP contribution is -2.44. The van der Waals surface area contributed by atoms with E-state index in [0.29, 0.717) is 23.8 Å². The van der Waals surface area contributed by atoms with Crippen molar-refractivity contribution in [2.75, 3.05) is 19.7 Å². The molecule has 5 nitrogen and oxygen atoms in total. The van der Waals surface area contributed by atoms with E-state index in [1.54, 1.807) is 28.6 Å². The van der Waals surface area contributed by atoms with Gasteiger partial charge < -0.3 is 10.1 Å². The molecule has 6 heteroatoms. The minimum Gasteiger partial charge on any atom is -0.360 e. The summed E-state index contributed by atoms with van der Waals surface area (Å²) in [6.07, 6.45) is 3.18. The maximum atomic E-state index is 13.5. The van der Waals surface area contributed by atoms with Gasteiger partial charge in [-0.25, -0.2) is 8.42 Å². The number of piperidine rings is 1. The molecule has 2 fully saturated rings. The molecular weight excluding hydrogens is 372 g/mol. The van der Waals surface area contributed by atoms with Crippen molar-refractivity contribution < 1.29 is 13.2 Å². The van der Waals surface area contributed by atoms with E-state index < -0.39 is 10.0 Å². The Hall–Kier alpha value is -1.73. The molecule has 2 saturated heterocycles. The Morgan fingerprint density at radius 3 is 2.29 bits per heavy atom. The van der Waals surface area contributed by atoms with Crippen LogP contribution in [0.2, 0.25) is 0 Å². The quantitative estimate of drug-likeness (QED) is 0.810. The van der Waals surface area contributed by atoms with Gasteiger partial charge in [0.2, 0.25) is 10.0 Å². The van der Waals surface area contributed by atoms with E-state index in [2.05, 4.69) is 5.32 Å². The number of rotatable bonds is 6. The summed E-state index contributed by atoms with van der Waals surface area (Å²) in [5.74, 6) is 0.496. The smallest absolute Gasteiger partial charge is 0.245 e. The molecule has 2 aromatic carbocycles. The molecular formula is C22H28N2O3S. The third-order valence-corrected chi connectivity index (χ3v) is 7.71. The first kappa shape index (κ1) is 19.6. The van der Waals surface area contributed by atoms with Crippen molar-refractivity contribution in [1.82, 2.24) is 9.62 Å². The van der Waals surface area contributed by atoms with E-state index in [9.17, 15) is 8.42 Å². The number of sulfonamides is 1. The van der Waals surface area contributed by atoms with Gasteiger partial charge in [0.15, 0.2) is 0 Å². The van der Waals surface area contributed by atoms with E-state index in [1.165, 1.54) is 0 Å². The Balaban J connectivity index is 1.61. The molecule has 2 atom stereocenters. The summed E-state index contributed by atoms with van der Waals surface area (Å²) < 4.78 is 34.8. The number of benzene rings is 2. The van der Waals surface area contributed by atoms with Crippen LogP contribution in [0, 0.1) is 5.92 Å². The van der Waals surface area contributed by atoms with Crippen LogP contribution < -0.4 is 5.32 Å². The maximum absolute atomic E-state index is 13.5. The highest BCUT2D eigenvalue weighted by molar-refractivity contribution is 7.89. The van der Waals surface area contributed by atoms with Gasteiger partial charge in [0.05, 0.1) is 17.5 Å². The van der Waals surface area contributed by atoms with E-state index in [4.69, 9.17) is 4.74 Å². The molecule has 0 bridgehead atoms. The zero-order valence-corrected chi connectivity index (χ0v) is 16.9. The molecule has 0 saturated carbocycles. The van der Waals surface area contributed by atoms with E-state index >= 15 is 0 Å². The fourth-order valence-electron chi connectivity index (χ4n) is 4.28. The summed E-state index contributed by atoms with van der Waals surface area (Å²) in [7, 11) is -3.62. The zero-order chi connectivity index (χ0) is 19.4. The first-order valence-corrected chi connectivity index (χ1v) is 11.5. The zero-order valence-electron chi connectivity index (χ0n) is 16.0. The second-order valence-corrected chi connectivity index (χ2v) is 9.55. The fraction of sp³-hybridized carbons (Fsp3) is 0.455. The largest absolute Gasteiger partial charge is 0.360 e. The third kappa shape index (κ3) is 4.30. The molecule has 1 N–H and O–H groups in total. The van der Waals surface area contributed by atoms with Crippen molar-refractivity contribution in [3.63, 3.8) is 0 Å². The molecule has 2 heterocycles. The van der Waals surface area contributed by atoms with Crippen LogP contribution in [0.25, 0.3) is 0 Å². The first-order valence-electron chi connectivity index (χ1n) is 10.1. The van der Waals surface area contributed by atoms with Crippen molar-refractivity contribution in [3.05, 3.63) is 66.2 Å². The summed E-state index contributed by atoms with van der Waals surface area (Å²) in [4.78, 5) is 0.342. The molecule has 0 radical (unpaired) electrons. The average Bonchev–Trinajstić information content (AvgIpc) is 3.13. The van der Waals surface area contributed by atoms with Gasteiger partial charge in [0.25, 0.3) is 0 Å². The summed E-state index contributed by atoms with van der Waals surface area (Å²) in [6, 6.07) is 18.6. The summed E-state index contributed by atoms with van der Waals surface area (Å²) in [5, 5.41) is 3.38. The second kappa shape index (κ2) is 8.74. The van der Waals surface area contributed by atoms with E-state index in [-0.39, 0.29) is 12.3 Å². The summed E-state index contributed by atoms with van der Waals surface area (Å²) in [5.41, 5.74) is 1.13. The van der Waals surface area contributed by atoms with Gasteiger partial charge in [-0.15, -0.1) is 0 Å². The van der Waals surface area contributed by atoms with Gasteiger partial charge in [-0.05, 0) is 62.4 Å². The molecule has 0 spiro atoms. The molecule has 0 aliphatic carbocycles. The maximum Gasteiger partial charge on any atom is 0.245 e. The molecule has 4 rings (SSSR count). The van der Waals surface area contributed by atoms with Crippen LogP contribution in [-0.4, -0.2) is 44.7 Å². The van der Waals surface area contributed by atoms with Crippen LogP contribution in [-0.2, 0) is 21.2 Å². The minimum absolute atomic E-state index is 0.181. The van der Waals surface area contributed by atoms with Crippen molar-refractivity contribution in [3.8, 4) is 0 Å². The predicted molar refractivity (Wildman–Crippen MR) is 109 cm³/mol. The molecule has 2 aromatic rings. The van der Waals surface area contributed by atoms with Gasteiger partial charge in [-0.2, -0.15) is 4.31 Å². The topological polar surface area (TPSA) is 58.6 Å². The minimum atomic E-state index is -3.62. The highest BCUT2D eigenvalue weighted by Gasteiger charge is 2.44. The van der Waals surface area contributed by atoms with Gasteiger partial charge in [-0.3, -0.25) is 0 Å². The van der Waals surface area contributed by atoms with Gasteiger partial charge in [0.1, 0.15) is 6.23 Å². The van der Waals surface area contributed by atoms with Crippen molar-refractivity contribution in [1.29, 1.82) is 0 Å². The lowest BCUT2D eigenvalue weighted by Gasteiger charge is -2.31. The Morgan fingerprint density at radius 2 is 1.61 bits per heavy atom. The summed E-state index contributed by atoms with van der Waals surface area (Å²) >= 11 is 0. The highest BCUT2D eigenvalue weighted by atomic mass is 32.2. The SMILES string of the molecule is O=S(=O)(c1ccccc1)N1[C@H](Cc2ccccc2)CO[C@H]1CC1CCNCC1. The normalized spacial score (nSPS) is 24.4. The van der Waals surface area contributed by atoms with Gasteiger partial charge >= 0.3 is 0 Å². The number of ether oxygens (including phenoxy) is 1. The molecule has 28 heavy (non-hydrogen) atoms. The lowest BCUT2D eigenvalue weighted by molar-refractivity contribution is 0.0426. The lowest BCUT2D eigenvalue weighted by atomic mass is 9.94. The van der Waals surface area contributed by atoms with Gasteiger partial charge in [-0.1, -0.05) is 48.5 Å². The van der Waals surface area contributed by atoms with Crippen molar-refractivity contribution in [2.45, 2.75) is 42.8 Å². The van der Waals surface area contributed by atoms with Crippen molar-refractivity contribution >= 4 is 10.0 Å². The van der Waals surface area contributed by atoms with E-state index in [0.717, 1.165) is 37.9 Å². The number of hydrogen-bond acceptors (Lipinski definition) is 4. The first-order chi connectivity index (χ1) is 13.6. The number of nitrogens with one attached hydrogen (secondary N) is 1. The van der Waals surface area contributed by atoms with Crippen LogP contribution in [0.5, 0.6) is 0 Å². The Morgan fingerprint density at radius 1 is 0.964 bits per heavy atom.